The lowest BCUT2D eigenvalue weighted by molar-refractivity contribution is -0.137. The van der Waals surface area contributed by atoms with Gasteiger partial charge < -0.3 is 10.5 Å². The van der Waals surface area contributed by atoms with Gasteiger partial charge in [0.25, 0.3) is 0 Å². The number of hydrogen-bond acceptors (Lipinski definition) is 3. The predicted molar refractivity (Wildman–Crippen MR) is 68.3 cm³/mol. The zero-order valence-electron chi connectivity index (χ0n) is 10.1. The summed E-state index contributed by atoms with van der Waals surface area (Å²) < 4.78 is 43.3. The highest BCUT2D eigenvalue weighted by Crippen LogP contribution is 2.35. The predicted octanol–water partition coefficient (Wildman–Crippen LogP) is 3.82. The molecule has 19 heavy (non-hydrogen) atoms. The SMILES string of the molecule is COc1cc([C@@H](N)c2cccs2)cc(C(F)(F)F)c1. The second-order valence-corrected chi connectivity index (χ2v) is 4.96. The molecule has 0 aliphatic carbocycles. The van der Waals surface area contributed by atoms with Gasteiger partial charge in [-0.25, -0.2) is 0 Å². The van der Waals surface area contributed by atoms with Gasteiger partial charge in [-0.05, 0) is 35.2 Å². The summed E-state index contributed by atoms with van der Waals surface area (Å²) in [5, 5.41) is 1.83. The number of halogens is 3. The first-order valence-electron chi connectivity index (χ1n) is 5.47. The van der Waals surface area contributed by atoms with E-state index in [2.05, 4.69) is 0 Å². The second kappa shape index (κ2) is 5.22. The highest BCUT2D eigenvalue weighted by atomic mass is 32.1. The summed E-state index contributed by atoms with van der Waals surface area (Å²) in [7, 11) is 1.33. The number of rotatable bonds is 3. The Labute approximate surface area is 112 Å². The van der Waals surface area contributed by atoms with Gasteiger partial charge in [0.2, 0.25) is 0 Å². The van der Waals surface area contributed by atoms with Gasteiger partial charge in [0.05, 0.1) is 18.7 Å². The van der Waals surface area contributed by atoms with E-state index in [1.54, 1.807) is 6.07 Å². The number of nitrogens with two attached hydrogens (primary N) is 1. The molecule has 2 N–H and O–H groups in total. The van der Waals surface area contributed by atoms with Crippen molar-refractivity contribution in [3.8, 4) is 5.75 Å². The quantitative estimate of drug-likeness (QED) is 0.931. The van der Waals surface area contributed by atoms with Crippen LogP contribution in [0.15, 0.2) is 35.7 Å². The lowest BCUT2D eigenvalue weighted by Gasteiger charge is -2.15. The fraction of sp³-hybridized carbons (Fsp3) is 0.231. The number of hydrogen-bond donors (Lipinski definition) is 1. The van der Waals surface area contributed by atoms with Gasteiger partial charge in [-0.15, -0.1) is 11.3 Å². The maximum absolute atomic E-state index is 12.8. The van der Waals surface area contributed by atoms with Crippen LogP contribution in [0, 0.1) is 0 Å². The lowest BCUT2D eigenvalue weighted by Crippen LogP contribution is -2.13. The fourth-order valence-corrected chi connectivity index (χ4v) is 2.47. The molecule has 0 aliphatic rings. The Hall–Kier alpha value is -1.53. The Balaban J connectivity index is 2.45. The number of thiophene rings is 1. The van der Waals surface area contributed by atoms with E-state index in [0.29, 0.717) is 5.56 Å². The van der Waals surface area contributed by atoms with E-state index in [4.69, 9.17) is 10.5 Å². The van der Waals surface area contributed by atoms with Crippen molar-refractivity contribution in [1.29, 1.82) is 0 Å². The fourth-order valence-electron chi connectivity index (χ4n) is 1.72. The molecule has 1 heterocycles. The number of alkyl halides is 3. The number of ether oxygens (including phenoxy) is 1. The van der Waals surface area contributed by atoms with Crippen LogP contribution < -0.4 is 10.5 Å². The zero-order valence-corrected chi connectivity index (χ0v) is 10.9. The Kier molecular flexibility index (Phi) is 3.82. The standard InChI is InChI=1S/C13H12F3NOS/c1-18-10-6-8(5-9(7-10)13(14,15)16)12(17)11-3-2-4-19-11/h2-7,12H,17H2,1H3/t12-/m1/s1. The smallest absolute Gasteiger partial charge is 0.416 e. The van der Waals surface area contributed by atoms with Crippen molar-refractivity contribution >= 4 is 11.3 Å². The molecule has 102 valence electrons. The molecule has 2 nitrogen and oxygen atoms in total. The Morgan fingerprint density at radius 1 is 1.26 bits per heavy atom. The molecule has 0 bridgehead atoms. The number of methoxy groups -OCH3 is 1. The minimum Gasteiger partial charge on any atom is -0.497 e. The van der Waals surface area contributed by atoms with Crippen molar-refractivity contribution in [3.63, 3.8) is 0 Å². The first-order valence-corrected chi connectivity index (χ1v) is 6.35. The van der Waals surface area contributed by atoms with Crippen LogP contribution >= 0.6 is 11.3 Å². The van der Waals surface area contributed by atoms with Crippen molar-refractivity contribution in [2.75, 3.05) is 7.11 Å². The van der Waals surface area contributed by atoms with Crippen molar-refractivity contribution in [1.82, 2.24) is 0 Å². The van der Waals surface area contributed by atoms with E-state index >= 15 is 0 Å². The number of benzene rings is 1. The summed E-state index contributed by atoms with van der Waals surface area (Å²) in [6, 6.07) is 6.57. The lowest BCUT2D eigenvalue weighted by atomic mass is 10.0. The summed E-state index contributed by atoms with van der Waals surface area (Å²) in [6.07, 6.45) is -4.42. The molecule has 0 saturated carbocycles. The van der Waals surface area contributed by atoms with Crippen molar-refractivity contribution < 1.29 is 17.9 Å². The molecule has 0 fully saturated rings. The van der Waals surface area contributed by atoms with E-state index in [1.807, 2.05) is 11.4 Å². The van der Waals surface area contributed by atoms with Crippen molar-refractivity contribution in [2.24, 2.45) is 5.73 Å². The van der Waals surface area contributed by atoms with Gasteiger partial charge in [0.15, 0.2) is 0 Å². The molecule has 1 aromatic carbocycles. The summed E-state index contributed by atoms with van der Waals surface area (Å²) >= 11 is 1.41. The van der Waals surface area contributed by atoms with Crippen LogP contribution in [-0.2, 0) is 6.18 Å². The molecule has 0 amide bonds. The normalized spacial score (nSPS) is 13.3. The van der Waals surface area contributed by atoms with E-state index in [9.17, 15) is 13.2 Å². The van der Waals surface area contributed by atoms with E-state index in [-0.39, 0.29) is 5.75 Å². The van der Waals surface area contributed by atoms with Crippen LogP contribution in [0.4, 0.5) is 13.2 Å². The largest absolute Gasteiger partial charge is 0.497 e. The molecule has 6 heteroatoms. The Morgan fingerprint density at radius 2 is 2.00 bits per heavy atom. The summed E-state index contributed by atoms with van der Waals surface area (Å²) in [5.74, 6) is 0.150. The molecule has 0 aliphatic heterocycles. The average molecular weight is 287 g/mol. The molecule has 0 spiro atoms. The Morgan fingerprint density at radius 3 is 2.53 bits per heavy atom. The van der Waals surface area contributed by atoms with Crippen LogP contribution in [0.25, 0.3) is 0 Å². The molecule has 1 aromatic heterocycles. The van der Waals surface area contributed by atoms with Gasteiger partial charge in [-0.2, -0.15) is 13.2 Å². The van der Waals surface area contributed by atoms with Gasteiger partial charge in [-0.1, -0.05) is 6.07 Å². The molecule has 2 aromatic rings. The third-order valence-corrected chi connectivity index (χ3v) is 3.66. The summed E-state index contributed by atoms with van der Waals surface area (Å²) in [4.78, 5) is 0.807. The minimum absolute atomic E-state index is 0.150. The minimum atomic E-state index is -4.42. The van der Waals surface area contributed by atoms with Crippen LogP contribution in [0.2, 0.25) is 0 Å². The van der Waals surface area contributed by atoms with E-state index in [1.165, 1.54) is 24.5 Å². The monoisotopic (exact) mass is 287 g/mol. The van der Waals surface area contributed by atoms with Crippen LogP contribution in [0.3, 0.4) is 0 Å². The van der Waals surface area contributed by atoms with E-state index in [0.717, 1.165) is 17.0 Å². The highest BCUT2D eigenvalue weighted by molar-refractivity contribution is 7.10. The van der Waals surface area contributed by atoms with Crippen LogP contribution in [-0.4, -0.2) is 7.11 Å². The van der Waals surface area contributed by atoms with Crippen LogP contribution in [0.5, 0.6) is 5.75 Å². The topological polar surface area (TPSA) is 35.2 Å². The first-order chi connectivity index (χ1) is 8.91. The van der Waals surface area contributed by atoms with Gasteiger partial charge in [0.1, 0.15) is 5.75 Å². The molecular formula is C13H12F3NOS. The van der Waals surface area contributed by atoms with Gasteiger partial charge in [-0.3, -0.25) is 0 Å². The highest BCUT2D eigenvalue weighted by Gasteiger charge is 2.32. The van der Waals surface area contributed by atoms with Gasteiger partial charge >= 0.3 is 6.18 Å². The van der Waals surface area contributed by atoms with Gasteiger partial charge in [0, 0.05) is 4.88 Å². The summed E-state index contributed by atoms with van der Waals surface area (Å²) in [5.41, 5.74) is 5.61. The third kappa shape index (κ3) is 3.08. The molecule has 2 rings (SSSR count). The van der Waals surface area contributed by atoms with E-state index < -0.39 is 17.8 Å². The second-order valence-electron chi connectivity index (χ2n) is 3.99. The van der Waals surface area contributed by atoms with Crippen LogP contribution in [0.1, 0.15) is 22.0 Å². The Bertz CT molecular complexity index is 552. The first kappa shape index (κ1) is 13.9. The zero-order chi connectivity index (χ0) is 14.0. The maximum atomic E-state index is 12.8. The molecule has 0 unspecified atom stereocenters. The molecule has 1 atom stereocenters. The maximum Gasteiger partial charge on any atom is 0.416 e. The molecular weight excluding hydrogens is 275 g/mol. The average Bonchev–Trinajstić information content (AvgIpc) is 2.90. The van der Waals surface area contributed by atoms with Crippen molar-refractivity contribution in [2.45, 2.75) is 12.2 Å². The van der Waals surface area contributed by atoms with Crippen molar-refractivity contribution in [3.05, 3.63) is 51.7 Å². The molecule has 0 saturated heterocycles. The summed E-state index contributed by atoms with van der Waals surface area (Å²) in [6.45, 7) is 0. The molecule has 0 radical (unpaired) electrons. The third-order valence-electron chi connectivity index (χ3n) is 2.70.